The van der Waals surface area contributed by atoms with Gasteiger partial charge in [-0.05, 0) is 37.3 Å². The number of nitrogens with zero attached hydrogens (tertiary/aromatic N) is 3. The van der Waals surface area contributed by atoms with Gasteiger partial charge in [-0.2, -0.15) is 0 Å². The van der Waals surface area contributed by atoms with Crippen molar-refractivity contribution in [3.8, 4) is 0 Å². The first kappa shape index (κ1) is 26.9. The quantitative estimate of drug-likeness (QED) is 0.262. The fraction of sp³-hybridized carbons (Fsp3) is 0.667. The minimum Gasteiger partial charge on any atom is -0.389 e. The molecule has 0 radical (unpaired) electrons. The predicted octanol–water partition coefficient (Wildman–Crippen LogP) is 3.22. The summed E-state index contributed by atoms with van der Waals surface area (Å²) < 4.78 is 5.55. The van der Waals surface area contributed by atoms with Gasteiger partial charge in [-0.15, -0.1) is 24.0 Å². The zero-order valence-electron chi connectivity index (χ0n) is 19.6. The molecule has 8 heteroatoms. The Morgan fingerprint density at radius 1 is 1.31 bits per heavy atom. The summed E-state index contributed by atoms with van der Waals surface area (Å²) in [5.41, 5.74) is 2.46. The first-order chi connectivity index (χ1) is 15.0. The van der Waals surface area contributed by atoms with Gasteiger partial charge in [0.1, 0.15) is 0 Å². The van der Waals surface area contributed by atoms with Gasteiger partial charge in [-0.1, -0.05) is 32.0 Å². The number of aliphatic hydroxyl groups excluding tert-OH is 1. The fourth-order valence-corrected chi connectivity index (χ4v) is 4.27. The number of aliphatic hydroxyl groups is 1. The highest BCUT2D eigenvalue weighted by Gasteiger charge is 2.32. The van der Waals surface area contributed by atoms with Crippen molar-refractivity contribution in [1.82, 2.24) is 10.2 Å². The Balaban J connectivity index is 0.00000363. The SMILES string of the molecule is CCNC(=NCC(O)COCC(C)C)N1CC(CCN2CCCC2=O)c2ccccc21.I. The molecule has 2 unspecified atom stereocenters. The lowest BCUT2D eigenvalue weighted by Crippen LogP contribution is -2.42. The Hall–Kier alpha value is -1.39. The molecule has 2 heterocycles. The van der Waals surface area contributed by atoms with Crippen LogP contribution >= 0.6 is 24.0 Å². The molecule has 0 spiro atoms. The molecule has 0 saturated carbocycles. The van der Waals surface area contributed by atoms with Crippen LogP contribution in [0.4, 0.5) is 5.69 Å². The molecule has 3 rings (SSSR count). The van der Waals surface area contributed by atoms with Crippen LogP contribution in [0.5, 0.6) is 0 Å². The van der Waals surface area contributed by atoms with Crippen molar-refractivity contribution in [2.75, 3.05) is 50.8 Å². The minimum absolute atomic E-state index is 0. The van der Waals surface area contributed by atoms with E-state index < -0.39 is 6.10 Å². The number of rotatable bonds is 10. The molecule has 7 nitrogen and oxygen atoms in total. The standard InChI is InChI=1S/C24H38N4O3.HI/c1-4-25-24(26-14-20(29)17-31-16-18(2)3)28-15-19(21-8-5-6-9-22(21)28)11-13-27-12-7-10-23(27)30;/h5-6,8-9,18-20,29H,4,7,10-17H2,1-3H3,(H,25,26);1H. The molecule has 180 valence electrons. The molecule has 0 bridgehead atoms. The number of carbonyl (C=O) groups is 1. The van der Waals surface area contributed by atoms with Crippen molar-refractivity contribution in [3.63, 3.8) is 0 Å². The van der Waals surface area contributed by atoms with Gasteiger partial charge in [0.2, 0.25) is 5.91 Å². The Bertz CT molecular complexity index is 759. The second-order valence-corrected chi connectivity index (χ2v) is 8.92. The van der Waals surface area contributed by atoms with Crippen molar-refractivity contribution < 1.29 is 14.6 Å². The molecular weight excluding hydrogens is 519 g/mol. The van der Waals surface area contributed by atoms with Gasteiger partial charge in [-0.3, -0.25) is 9.79 Å². The highest BCUT2D eigenvalue weighted by Crippen LogP contribution is 2.38. The molecule has 1 amide bonds. The Morgan fingerprint density at radius 2 is 2.09 bits per heavy atom. The normalized spacial score (nSPS) is 19.3. The number of para-hydroxylation sites is 1. The van der Waals surface area contributed by atoms with Gasteiger partial charge in [0.05, 0.1) is 19.3 Å². The number of amides is 1. The largest absolute Gasteiger partial charge is 0.389 e. The van der Waals surface area contributed by atoms with Gasteiger partial charge in [0.25, 0.3) is 0 Å². The van der Waals surface area contributed by atoms with Gasteiger partial charge < -0.3 is 25.0 Å². The van der Waals surface area contributed by atoms with Crippen LogP contribution in [0.3, 0.4) is 0 Å². The molecule has 1 aromatic rings. The van der Waals surface area contributed by atoms with Crippen molar-refractivity contribution in [1.29, 1.82) is 0 Å². The molecule has 32 heavy (non-hydrogen) atoms. The topological polar surface area (TPSA) is 77.4 Å². The summed E-state index contributed by atoms with van der Waals surface area (Å²) >= 11 is 0. The lowest BCUT2D eigenvalue weighted by molar-refractivity contribution is -0.127. The van der Waals surface area contributed by atoms with E-state index in [2.05, 4.69) is 55.3 Å². The number of aliphatic imine (C=N–C) groups is 1. The number of benzene rings is 1. The number of hydrogen-bond acceptors (Lipinski definition) is 4. The second kappa shape index (κ2) is 13.3. The highest BCUT2D eigenvalue weighted by molar-refractivity contribution is 14.0. The molecule has 2 atom stereocenters. The summed E-state index contributed by atoms with van der Waals surface area (Å²) in [5, 5.41) is 13.7. The number of nitrogens with one attached hydrogen (secondary N) is 1. The number of guanidine groups is 1. The molecule has 2 N–H and O–H groups in total. The Kier molecular flexibility index (Phi) is 11.2. The number of carbonyl (C=O) groups excluding carboxylic acids is 1. The third kappa shape index (κ3) is 7.31. The highest BCUT2D eigenvalue weighted by atomic mass is 127. The molecule has 2 aliphatic heterocycles. The summed E-state index contributed by atoms with van der Waals surface area (Å²) in [4.78, 5) is 20.9. The van der Waals surface area contributed by atoms with Crippen LogP contribution < -0.4 is 10.2 Å². The van der Waals surface area contributed by atoms with E-state index >= 15 is 0 Å². The first-order valence-electron chi connectivity index (χ1n) is 11.7. The number of anilines is 1. The molecule has 2 aliphatic rings. The summed E-state index contributed by atoms with van der Waals surface area (Å²) in [6.07, 6.45) is 1.99. The van der Waals surface area contributed by atoms with E-state index in [9.17, 15) is 9.90 Å². The summed E-state index contributed by atoms with van der Waals surface area (Å²) in [6.45, 7) is 10.7. The lowest BCUT2D eigenvalue weighted by Gasteiger charge is -2.24. The van der Waals surface area contributed by atoms with E-state index in [0.717, 1.165) is 50.7 Å². The zero-order valence-corrected chi connectivity index (χ0v) is 22.0. The zero-order chi connectivity index (χ0) is 22.2. The summed E-state index contributed by atoms with van der Waals surface area (Å²) in [6, 6.07) is 8.45. The smallest absolute Gasteiger partial charge is 0.222 e. The van der Waals surface area contributed by atoms with Crippen molar-refractivity contribution >= 4 is 41.5 Å². The second-order valence-electron chi connectivity index (χ2n) is 8.92. The predicted molar refractivity (Wildman–Crippen MR) is 140 cm³/mol. The molecule has 1 aromatic carbocycles. The molecule has 1 fully saturated rings. The number of likely N-dealkylation sites (tertiary alicyclic amines) is 1. The van der Waals surface area contributed by atoms with Crippen LogP contribution in [0.1, 0.15) is 51.5 Å². The number of fused-ring (bicyclic) bond motifs is 1. The van der Waals surface area contributed by atoms with Gasteiger partial charge in [0.15, 0.2) is 5.96 Å². The van der Waals surface area contributed by atoms with E-state index in [1.807, 2.05) is 4.90 Å². The van der Waals surface area contributed by atoms with E-state index in [1.165, 1.54) is 5.56 Å². The molecular formula is C24H39IN4O3. The van der Waals surface area contributed by atoms with Gasteiger partial charge in [-0.25, -0.2) is 0 Å². The molecule has 0 aliphatic carbocycles. The molecule has 0 aromatic heterocycles. The maximum atomic E-state index is 12.0. The Labute approximate surface area is 209 Å². The monoisotopic (exact) mass is 558 g/mol. The van der Waals surface area contributed by atoms with Crippen molar-refractivity contribution in [3.05, 3.63) is 29.8 Å². The van der Waals surface area contributed by atoms with Gasteiger partial charge in [0, 0.05) is 50.8 Å². The van der Waals surface area contributed by atoms with E-state index in [0.29, 0.717) is 38.0 Å². The number of ether oxygens (including phenoxy) is 1. The fourth-order valence-electron chi connectivity index (χ4n) is 4.27. The van der Waals surface area contributed by atoms with Crippen LogP contribution in [0, 0.1) is 5.92 Å². The van der Waals surface area contributed by atoms with Crippen LogP contribution in [0.2, 0.25) is 0 Å². The number of hydrogen-bond donors (Lipinski definition) is 2. The average molecular weight is 559 g/mol. The lowest BCUT2D eigenvalue weighted by atomic mass is 9.98. The van der Waals surface area contributed by atoms with E-state index in [1.54, 1.807) is 0 Å². The average Bonchev–Trinajstić information content (AvgIpc) is 3.32. The van der Waals surface area contributed by atoms with Crippen LogP contribution in [-0.2, 0) is 9.53 Å². The minimum atomic E-state index is -0.623. The van der Waals surface area contributed by atoms with Crippen LogP contribution in [0.25, 0.3) is 0 Å². The van der Waals surface area contributed by atoms with Crippen molar-refractivity contribution in [2.45, 2.75) is 52.1 Å². The maximum Gasteiger partial charge on any atom is 0.222 e. The summed E-state index contributed by atoms with van der Waals surface area (Å²) in [7, 11) is 0. The summed E-state index contributed by atoms with van der Waals surface area (Å²) in [5.74, 6) is 1.87. The first-order valence-corrected chi connectivity index (χ1v) is 11.7. The Morgan fingerprint density at radius 3 is 2.78 bits per heavy atom. The third-order valence-electron chi connectivity index (χ3n) is 5.79. The van der Waals surface area contributed by atoms with E-state index in [-0.39, 0.29) is 29.9 Å². The maximum absolute atomic E-state index is 12.0. The molecule has 1 saturated heterocycles. The van der Waals surface area contributed by atoms with Crippen LogP contribution in [0.15, 0.2) is 29.3 Å². The van der Waals surface area contributed by atoms with Crippen LogP contribution in [-0.4, -0.2) is 73.9 Å². The third-order valence-corrected chi connectivity index (χ3v) is 5.79. The van der Waals surface area contributed by atoms with Gasteiger partial charge >= 0.3 is 0 Å². The number of halogens is 1. The van der Waals surface area contributed by atoms with E-state index in [4.69, 9.17) is 9.73 Å². The van der Waals surface area contributed by atoms with Crippen molar-refractivity contribution in [2.24, 2.45) is 10.9 Å².